The number of hydrogen-bond acceptors (Lipinski definition) is 4. The van der Waals surface area contributed by atoms with Crippen LogP contribution in [0.1, 0.15) is 54.2 Å². The van der Waals surface area contributed by atoms with Crippen molar-refractivity contribution in [1.29, 1.82) is 0 Å². The van der Waals surface area contributed by atoms with Gasteiger partial charge in [-0.2, -0.15) is 0 Å². The zero-order valence-electron chi connectivity index (χ0n) is 12.1. The second-order valence-corrected chi connectivity index (χ2v) is 6.02. The molecule has 1 N–H and O–H groups in total. The summed E-state index contributed by atoms with van der Waals surface area (Å²) >= 11 is 0. The molecule has 2 fully saturated rings. The Morgan fingerprint density at radius 1 is 1.30 bits per heavy atom. The van der Waals surface area contributed by atoms with E-state index in [0.29, 0.717) is 17.3 Å². The molecule has 110 valence electrons. The van der Waals surface area contributed by atoms with Crippen LogP contribution in [0.2, 0.25) is 0 Å². The molecule has 20 heavy (non-hydrogen) atoms. The number of hydrogen-bond donors (Lipinski definition) is 1. The highest BCUT2D eigenvalue weighted by atomic mass is 16.4. The van der Waals surface area contributed by atoms with Crippen LogP contribution in [0.5, 0.6) is 0 Å². The molecule has 0 radical (unpaired) electrons. The summed E-state index contributed by atoms with van der Waals surface area (Å²) in [5.74, 6) is 1.06. The van der Waals surface area contributed by atoms with Crippen molar-refractivity contribution in [2.24, 2.45) is 5.92 Å². The van der Waals surface area contributed by atoms with Crippen molar-refractivity contribution in [2.45, 2.75) is 58.1 Å². The lowest BCUT2D eigenvalue weighted by Crippen LogP contribution is -2.42. The highest BCUT2D eigenvalue weighted by Gasteiger charge is 2.41. The number of aliphatic hydroxyl groups is 1. The molecule has 2 heterocycles. The third-order valence-corrected chi connectivity index (χ3v) is 4.68. The average Bonchev–Trinajstić information content (AvgIpc) is 3.08. The molecule has 2 aliphatic rings. The Bertz CT molecular complexity index is 511. The van der Waals surface area contributed by atoms with E-state index in [1.165, 1.54) is 0 Å². The van der Waals surface area contributed by atoms with E-state index in [-0.39, 0.29) is 24.0 Å². The van der Waals surface area contributed by atoms with Gasteiger partial charge in [-0.15, -0.1) is 0 Å². The predicted octanol–water partition coefficient (Wildman–Crippen LogP) is 2.06. The summed E-state index contributed by atoms with van der Waals surface area (Å²) in [5.41, 5.74) is 0.658. The van der Waals surface area contributed by atoms with Crippen LogP contribution in [0, 0.1) is 19.8 Å². The Kier molecular flexibility index (Phi) is 3.54. The van der Waals surface area contributed by atoms with Gasteiger partial charge in [0.1, 0.15) is 0 Å². The molecule has 1 aromatic heterocycles. The quantitative estimate of drug-likeness (QED) is 0.899. The molecule has 1 aliphatic carbocycles. The number of aliphatic hydroxyl groups excluding tert-OH is 1. The third-order valence-electron chi connectivity index (χ3n) is 4.68. The standard InChI is InChI=1S/C15H22N2O3/c1-9-14(20-10(2)16-9)15(19)17-8-4-6-12(17)11-5-3-7-13(11)18/h11-13,18H,3-8H2,1-2H3. The van der Waals surface area contributed by atoms with E-state index >= 15 is 0 Å². The van der Waals surface area contributed by atoms with Crippen molar-refractivity contribution in [3.63, 3.8) is 0 Å². The van der Waals surface area contributed by atoms with Gasteiger partial charge in [-0.05, 0) is 32.6 Å². The van der Waals surface area contributed by atoms with Crippen LogP contribution >= 0.6 is 0 Å². The van der Waals surface area contributed by atoms with Gasteiger partial charge < -0.3 is 14.4 Å². The first kappa shape index (κ1) is 13.6. The second kappa shape index (κ2) is 5.20. The summed E-state index contributed by atoms with van der Waals surface area (Å²) in [6.45, 7) is 4.32. The Balaban J connectivity index is 1.81. The number of aromatic nitrogens is 1. The van der Waals surface area contributed by atoms with E-state index < -0.39 is 0 Å². The fraction of sp³-hybridized carbons (Fsp3) is 0.733. The molecule has 5 heteroatoms. The number of oxazole rings is 1. The smallest absolute Gasteiger partial charge is 0.291 e. The number of aryl methyl sites for hydroxylation is 2. The first-order chi connectivity index (χ1) is 9.58. The molecule has 1 aliphatic heterocycles. The lowest BCUT2D eigenvalue weighted by Gasteiger charge is -2.30. The molecule has 3 rings (SSSR count). The molecule has 3 unspecified atom stereocenters. The molecule has 5 nitrogen and oxygen atoms in total. The first-order valence-electron chi connectivity index (χ1n) is 7.51. The van der Waals surface area contributed by atoms with Crippen LogP contribution in [0.25, 0.3) is 0 Å². The Morgan fingerprint density at radius 2 is 2.10 bits per heavy atom. The van der Waals surface area contributed by atoms with Crippen LogP contribution in [0.15, 0.2) is 4.42 Å². The molecule has 1 saturated carbocycles. The van der Waals surface area contributed by atoms with E-state index in [1.54, 1.807) is 13.8 Å². The number of rotatable bonds is 2. The number of carbonyl (C=O) groups excluding carboxylic acids is 1. The minimum Gasteiger partial charge on any atom is -0.436 e. The zero-order valence-corrected chi connectivity index (χ0v) is 12.1. The molecule has 1 saturated heterocycles. The maximum atomic E-state index is 12.7. The van der Waals surface area contributed by atoms with Gasteiger partial charge in [-0.1, -0.05) is 6.42 Å². The average molecular weight is 278 g/mol. The molecule has 1 amide bonds. The van der Waals surface area contributed by atoms with Gasteiger partial charge in [0.25, 0.3) is 5.91 Å². The fourth-order valence-electron chi connectivity index (χ4n) is 3.77. The summed E-state index contributed by atoms with van der Waals surface area (Å²) < 4.78 is 5.46. The highest BCUT2D eigenvalue weighted by Crippen LogP contribution is 2.36. The van der Waals surface area contributed by atoms with Gasteiger partial charge in [-0.25, -0.2) is 4.98 Å². The Labute approximate surface area is 119 Å². The summed E-state index contributed by atoms with van der Waals surface area (Å²) in [5, 5.41) is 10.1. The minimum absolute atomic E-state index is 0.0651. The summed E-state index contributed by atoms with van der Waals surface area (Å²) in [6.07, 6.45) is 4.68. The molecular weight excluding hydrogens is 256 g/mol. The number of amides is 1. The number of carbonyl (C=O) groups is 1. The van der Waals surface area contributed by atoms with Crippen LogP contribution in [-0.4, -0.2) is 39.6 Å². The fourth-order valence-corrected chi connectivity index (χ4v) is 3.77. The van der Waals surface area contributed by atoms with Crippen molar-refractivity contribution in [3.8, 4) is 0 Å². The topological polar surface area (TPSA) is 66.6 Å². The monoisotopic (exact) mass is 278 g/mol. The van der Waals surface area contributed by atoms with Crippen LogP contribution < -0.4 is 0 Å². The molecule has 0 bridgehead atoms. The van der Waals surface area contributed by atoms with Gasteiger partial charge >= 0.3 is 0 Å². The maximum absolute atomic E-state index is 12.7. The summed E-state index contributed by atoms with van der Waals surface area (Å²) in [7, 11) is 0. The Hall–Kier alpha value is -1.36. The largest absolute Gasteiger partial charge is 0.436 e. The van der Waals surface area contributed by atoms with Gasteiger partial charge in [0.05, 0.1) is 11.8 Å². The van der Waals surface area contributed by atoms with Crippen molar-refractivity contribution in [1.82, 2.24) is 9.88 Å². The molecular formula is C15H22N2O3. The van der Waals surface area contributed by atoms with E-state index in [0.717, 1.165) is 38.6 Å². The van der Waals surface area contributed by atoms with Crippen molar-refractivity contribution < 1.29 is 14.3 Å². The molecule has 0 spiro atoms. The lowest BCUT2D eigenvalue weighted by atomic mass is 9.94. The van der Waals surface area contributed by atoms with Crippen LogP contribution in [0.4, 0.5) is 0 Å². The summed E-state index contributed by atoms with van der Waals surface area (Å²) in [4.78, 5) is 18.7. The Morgan fingerprint density at radius 3 is 2.70 bits per heavy atom. The predicted molar refractivity (Wildman–Crippen MR) is 73.4 cm³/mol. The minimum atomic E-state index is -0.258. The van der Waals surface area contributed by atoms with Gasteiger partial charge in [0.2, 0.25) is 5.76 Å². The highest BCUT2D eigenvalue weighted by molar-refractivity contribution is 5.92. The van der Waals surface area contributed by atoms with E-state index in [4.69, 9.17) is 4.42 Å². The van der Waals surface area contributed by atoms with Gasteiger partial charge in [0.15, 0.2) is 5.89 Å². The normalized spacial score (nSPS) is 30.1. The third kappa shape index (κ3) is 2.24. The lowest BCUT2D eigenvalue weighted by molar-refractivity contribution is 0.0501. The van der Waals surface area contributed by atoms with E-state index in [2.05, 4.69) is 4.98 Å². The van der Waals surface area contributed by atoms with Crippen molar-refractivity contribution in [3.05, 3.63) is 17.3 Å². The van der Waals surface area contributed by atoms with Crippen molar-refractivity contribution in [2.75, 3.05) is 6.54 Å². The summed E-state index contributed by atoms with van der Waals surface area (Å²) in [6, 6.07) is 0.157. The number of nitrogens with zero attached hydrogens (tertiary/aromatic N) is 2. The first-order valence-corrected chi connectivity index (χ1v) is 7.51. The second-order valence-electron chi connectivity index (χ2n) is 6.02. The van der Waals surface area contributed by atoms with E-state index in [1.807, 2.05) is 4.90 Å². The van der Waals surface area contributed by atoms with Crippen LogP contribution in [-0.2, 0) is 0 Å². The molecule has 1 aromatic rings. The van der Waals surface area contributed by atoms with Crippen LogP contribution in [0.3, 0.4) is 0 Å². The number of likely N-dealkylation sites (tertiary alicyclic amines) is 1. The van der Waals surface area contributed by atoms with Gasteiger partial charge in [-0.3, -0.25) is 4.79 Å². The SMILES string of the molecule is Cc1nc(C)c(C(=O)N2CCCC2C2CCCC2O)o1. The van der Waals surface area contributed by atoms with Crippen molar-refractivity contribution >= 4 is 5.91 Å². The molecule has 0 aromatic carbocycles. The maximum Gasteiger partial charge on any atom is 0.291 e. The molecule has 3 atom stereocenters. The van der Waals surface area contributed by atoms with Gasteiger partial charge in [0, 0.05) is 25.4 Å². The zero-order chi connectivity index (χ0) is 14.3. The van der Waals surface area contributed by atoms with E-state index in [9.17, 15) is 9.90 Å².